The van der Waals surface area contributed by atoms with Crippen molar-refractivity contribution in [3.05, 3.63) is 41.1 Å². The number of likely N-dealkylation sites (tertiary alicyclic amines) is 1. The molecule has 1 saturated heterocycles. The van der Waals surface area contributed by atoms with Crippen molar-refractivity contribution in [1.82, 2.24) is 29.4 Å². The number of nitrogens with one attached hydrogen (secondary N) is 1. The van der Waals surface area contributed by atoms with Crippen LogP contribution in [0.4, 0.5) is 0 Å². The Labute approximate surface area is 156 Å². The first-order chi connectivity index (χ1) is 12.7. The summed E-state index contributed by atoms with van der Waals surface area (Å²) in [6.07, 6.45) is 3.80. The van der Waals surface area contributed by atoms with Gasteiger partial charge in [-0.2, -0.15) is 10.2 Å². The van der Waals surface area contributed by atoms with Gasteiger partial charge in [0.2, 0.25) is 5.91 Å². The van der Waals surface area contributed by atoms with E-state index >= 15 is 0 Å². The number of aromatic amines is 1. The second-order valence-electron chi connectivity index (χ2n) is 6.67. The highest BCUT2D eigenvalue weighted by atomic mass is 32.1. The van der Waals surface area contributed by atoms with E-state index < -0.39 is 0 Å². The fraction of sp³-hybridized carbons (Fsp3) is 0.444. The van der Waals surface area contributed by atoms with Crippen LogP contribution < -0.4 is 0 Å². The van der Waals surface area contributed by atoms with Gasteiger partial charge in [-0.15, -0.1) is 0 Å². The van der Waals surface area contributed by atoms with E-state index in [4.69, 9.17) is 12.2 Å². The molecule has 3 heterocycles. The molecule has 0 bridgehead atoms. The van der Waals surface area contributed by atoms with Crippen molar-refractivity contribution in [2.75, 3.05) is 13.1 Å². The zero-order valence-electron chi connectivity index (χ0n) is 14.8. The van der Waals surface area contributed by atoms with Gasteiger partial charge in [0.05, 0.1) is 11.7 Å². The van der Waals surface area contributed by atoms with Gasteiger partial charge in [-0.25, -0.2) is 0 Å². The van der Waals surface area contributed by atoms with Crippen LogP contribution in [0.5, 0.6) is 0 Å². The third kappa shape index (κ3) is 3.05. The normalized spacial score (nSPS) is 17.7. The topological polar surface area (TPSA) is 71.7 Å². The average molecular weight is 370 g/mol. The standard InChI is InChI=1S/C18H22N6OS/c1-2-23-17(20-21-18(23)26)14-7-5-9-22(11-14)16(25)12-24-15-8-4-3-6-13(15)10-19-24/h3-4,6,8,10,14H,2,5,7,9,11-12H2,1H3,(H,21,26)/t14-/m1/s1. The Morgan fingerprint density at radius 2 is 2.23 bits per heavy atom. The Bertz CT molecular complexity index is 987. The number of carbonyl (C=O) groups is 1. The number of amides is 1. The molecule has 7 nitrogen and oxygen atoms in total. The van der Waals surface area contributed by atoms with Crippen LogP contribution >= 0.6 is 12.2 Å². The Morgan fingerprint density at radius 1 is 1.38 bits per heavy atom. The number of nitrogens with zero attached hydrogens (tertiary/aromatic N) is 5. The van der Waals surface area contributed by atoms with E-state index in [1.807, 2.05) is 33.7 Å². The van der Waals surface area contributed by atoms with E-state index in [2.05, 4.69) is 22.2 Å². The van der Waals surface area contributed by atoms with Crippen molar-refractivity contribution in [3.63, 3.8) is 0 Å². The van der Waals surface area contributed by atoms with Crippen molar-refractivity contribution < 1.29 is 4.79 Å². The molecule has 1 aliphatic heterocycles. The summed E-state index contributed by atoms with van der Waals surface area (Å²) in [6, 6.07) is 7.95. The number of carbonyl (C=O) groups excluding carboxylic acids is 1. The highest BCUT2D eigenvalue weighted by Gasteiger charge is 2.28. The zero-order chi connectivity index (χ0) is 18.1. The minimum Gasteiger partial charge on any atom is -0.340 e. The molecule has 0 saturated carbocycles. The summed E-state index contributed by atoms with van der Waals surface area (Å²) in [5.41, 5.74) is 0.987. The van der Waals surface area contributed by atoms with E-state index in [0.717, 1.165) is 42.7 Å². The van der Waals surface area contributed by atoms with Gasteiger partial charge in [-0.3, -0.25) is 14.6 Å². The lowest BCUT2D eigenvalue weighted by Crippen LogP contribution is -2.41. The number of rotatable bonds is 4. The minimum atomic E-state index is 0.0979. The third-order valence-electron chi connectivity index (χ3n) is 5.08. The van der Waals surface area contributed by atoms with Crippen LogP contribution in [0, 0.1) is 4.77 Å². The number of piperidine rings is 1. The second kappa shape index (κ2) is 7.03. The highest BCUT2D eigenvalue weighted by molar-refractivity contribution is 7.71. The summed E-state index contributed by atoms with van der Waals surface area (Å²) in [5, 5.41) is 12.7. The molecule has 3 aromatic rings. The lowest BCUT2D eigenvalue weighted by Gasteiger charge is -2.32. The molecule has 1 N–H and O–H groups in total. The molecule has 1 fully saturated rings. The van der Waals surface area contributed by atoms with Gasteiger partial charge in [0.25, 0.3) is 0 Å². The van der Waals surface area contributed by atoms with Gasteiger partial charge < -0.3 is 9.47 Å². The van der Waals surface area contributed by atoms with Gasteiger partial charge >= 0.3 is 0 Å². The molecular weight excluding hydrogens is 348 g/mol. The largest absolute Gasteiger partial charge is 0.340 e. The van der Waals surface area contributed by atoms with E-state index in [0.29, 0.717) is 11.3 Å². The Morgan fingerprint density at radius 3 is 3.08 bits per heavy atom. The maximum atomic E-state index is 12.9. The second-order valence-corrected chi connectivity index (χ2v) is 7.06. The van der Waals surface area contributed by atoms with Crippen molar-refractivity contribution in [2.45, 2.75) is 38.8 Å². The van der Waals surface area contributed by atoms with E-state index in [-0.39, 0.29) is 18.4 Å². The van der Waals surface area contributed by atoms with Crippen LogP contribution in [-0.4, -0.2) is 48.4 Å². The lowest BCUT2D eigenvalue weighted by atomic mass is 9.97. The maximum absolute atomic E-state index is 12.9. The number of hydrogen-bond donors (Lipinski definition) is 1. The maximum Gasteiger partial charge on any atom is 0.244 e. The Hall–Kier alpha value is -2.48. The minimum absolute atomic E-state index is 0.0979. The first-order valence-corrected chi connectivity index (χ1v) is 9.41. The van der Waals surface area contributed by atoms with E-state index in [9.17, 15) is 4.79 Å². The molecule has 1 atom stereocenters. The van der Waals surface area contributed by atoms with Gasteiger partial charge in [0, 0.05) is 30.9 Å². The fourth-order valence-corrected chi connectivity index (χ4v) is 4.01. The SMILES string of the molecule is CCn1c([C@@H]2CCCN(C(=O)Cn3ncc4ccccc43)C2)n[nH]c1=S. The summed E-state index contributed by atoms with van der Waals surface area (Å²) in [5.74, 6) is 1.27. The third-order valence-corrected chi connectivity index (χ3v) is 5.39. The molecule has 1 aliphatic rings. The van der Waals surface area contributed by atoms with Crippen LogP contribution in [0.3, 0.4) is 0 Å². The highest BCUT2D eigenvalue weighted by Crippen LogP contribution is 2.26. The molecule has 26 heavy (non-hydrogen) atoms. The fourth-order valence-electron chi connectivity index (χ4n) is 3.74. The summed E-state index contributed by atoms with van der Waals surface area (Å²) < 4.78 is 4.45. The average Bonchev–Trinajstić information content (AvgIpc) is 3.25. The van der Waals surface area contributed by atoms with Gasteiger partial charge in [-0.1, -0.05) is 18.2 Å². The number of fused-ring (bicyclic) bond motifs is 1. The van der Waals surface area contributed by atoms with Crippen molar-refractivity contribution in [3.8, 4) is 0 Å². The molecule has 8 heteroatoms. The molecule has 0 unspecified atom stereocenters. The molecule has 2 aromatic heterocycles. The summed E-state index contributed by atoms with van der Waals surface area (Å²) in [6.45, 7) is 4.57. The molecule has 0 aliphatic carbocycles. The van der Waals surface area contributed by atoms with Crippen LogP contribution in [0.25, 0.3) is 10.9 Å². The zero-order valence-corrected chi connectivity index (χ0v) is 15.6. The van der Waals surface area contributed by atoms with Crippen molar-refractivity contribution in [2.24, 2.45) is 0 Å². The predicted octanol–water partition coefficient (Wildman–Crippen LogP) is 2.72. The Balaban J connectivity index is 1.50. The molecule has 4 rings (SSSR count). The monoisotopic (exact) mass is 370 g/mol. The van der Waals surface area contributed by atoms with Gasteiger partial charge in [0.1, 0.15) is 12.4 Å². The molecule has 1 amide bonds. The molecule has 136 valence electrons. The quantitative estimate of drug-likeness (QED) is 0.717. The van der Waals surface area contributed by atoms with Crippen molar-refractivity contribution >= 4 is 29.0 Å². The number of para-hydroxylation sites is 1. The first kappa shape index (κ1) is 17.0. The number of benzene rings is 1. The molecule has 1 aromatic carbocycles. The van der Waals surface area contributed by atoms with Gasteiger partial charge in [-0.05, 0) is 38.0 Å². The van der Waals surface area contributed by atoms with Gasteiger partial charge in [0.15, 0.2) is 4.77 Å². The molecule has 0 radical (unpaired) electrons. The summed E-state index contributed by atoms with van der Waals surface area (Å²) in [7, 11) is 0. The number of aromatic nitrogens is 5. The van der Waals surface area contributed by atoms with Crippen LogP contribution in [0.2, 0.25) is 0 Å². The lowest BCUT2D eigenvalue weighted by molar-refractivity contribution is -0.133. The molecule has 0 spiro atoms. The number of hydrogen-bond acceptors (Lipinski definition) is 4. The Kier molecular flexibility index (Phi) is 4.58. The van der Waals surface area contributed by atoms with E-state index in [1.165, 1.54) is 0 Å². The van der Waals surface area contributed by atoms with E-state index in [1.54, 1.807) is 10.9 Å². The first-order valence-electron chi connectivity index (χ1n) is 9.00. The van der Waals surface area contributed by atoms with Crippen molar-refractivity contribution in [1.29, 1.82) is 0 Å². The van der Waals surface area contributed by atoms with Crippen LogP contribution in [-0.2, 0) is 17.9 Å². The summed E-state index contributed by atoms with van der Waals surface area (Å²) >= 11 is 5.30. The number of H-pyrrole nitrogens is 1. The molecular formula is C18H22N6OS. The predicted molar refractivity (Wildman–Crippen MR) is 101 cm³/mol. The summed E-state index contributed by atoms with van der Waals surface area (Å²) in [4.78, 5) is 14.8. The smallest absolute Gasteiger partial charge is 0.244 e. The van der Waals surface area contributed by atoms with Crippen LogP contribution in [0.1, 0.15) is 31.5 Å². The van der Waals surface area contributed by atoms with Crippen LogP contribution in [0.15, 0.2) is 30.5 Å².